The molecule has 0 bridgehead atoms. The fraction of sp³-hybridized carbons (Fsp3) is 0.667. The molecule has 2 rings (SSSR count). The van der Waals surface area contributed by atoms with E-state index in [1.807, 2.05) is 6.92 Å². The molecule has 0 radical (unpaired) electrons. The van der Waals surface area contributed by atoms with Gasteiger partial charge in [0.1, 0.15) is 5.00 Å². The number of thiophene rings is 1. The number of Topliss-reactive ketones (excluding diaryl/α,β-unsaturated/α-hetero) is 1. The van der Waals surface area contributed by atoms with E-state index >= 15 is 0 Å². The second-order valence-electron chi connectivity index (χ2n) is 5.65. The molecule has 0 saturated carbocycles. The molecule has 112 valence electrons. The quantitative estimate of drug-likeness (QED) is 0.865. The Morgan fingerprint density at radius 3 is 2.70 bits per heavy atom. The summed E-state index contributed by atoms with van der Waals surface area (Å²) < 4.78 is 5.46. The molecule has 0 aromatic carbocycles. The van der Waals surface area contributed by atoms with Crippen LogP contribution < -0.4 is 15.4 Å². The highest BCUT2D eigenvalue weighted by Gasteiger charge is 2.29. The molecule has 20 heavy (non-hydrogen) atoms. The number of nitrogens with two attached hydrogens (primary N) is 1. The first-order valence-corrected chi connectivity index (χ1v) is 8.05. The van der Waals surface area contributed by atoms with Crippen LogP contribution in [0.2, 0.25) is 0 Å². The zero-order valence-electron chi connectivity index (χ0n) is 12.7. The van der Waals surface area contributed by atoms with E-state index in [0.29, 0.717) is 28.7 Å². The zero-order valence-corrected chi connectivity index (χ0v) is 13.5. The first kappa shape index (κ1) is 15.2. The Labute approximate surface area is 124 Å². The molecule has 1 aliphatic rings. The molecular formula is C15H24N2O2S. The summed E-state index contributed by atoms with van der Waals surface area (Å²) in [5.74, 6) is 2.15. The molecule has 1 saturated heterocycles. The maximum absolute atomic E-state index is 12.0. The number of piperidine rings is 1. The average molecular weight is 296 g/mol. The highest BCUT2D eigenvalue weighted by atomic mass is 32.1. The minimum Gasteiger partial charge on any atom is -0.492 e. The zero-order chi connectivity index (χ0) is 14.9. The van der Waals surface area contributed by atoms with Gasteiger partial charge in [0, 0.05) is 19.5 Å². The van der Waals surface area contributed by atoms with E-state index in [2.05, 4.69) is 18.7 Å². The van der Waals surface area contributed by atoms with E-state index in [0.717, 1.165) is 24.0 Å². The van der Waals surface area contributed by atoms with Crippen LogP contribution in [0.5, 0.6) is 5.75 Å². The van der Waals surface area contributed by atoms with Crippen molar-refractivity contribution in [3.8, 4) is 5.75 Å². The highest BCUT2D eigenvalue weighted by Crippen LogP contribution is 2.46. The van der Waals surface area contributed by atoms with Crippen molar-refractivity contribution in [3.63, 3.8) is 0 Å². The molecule has 2 unspecified atom stereocenters. The lowest BCUT2D eigenvalue weighted by atomic mass is 9.89. The van der Waals surface area contributed by atoms with Gasteiger partial charge < -0.3 is 15.4 Å². The number of ether oxygens (including phenoxy) is 1. The van der Waals surface area contributed by atoms with Crippen molar-refractivity contribution < 1.29 is 9.53 Å². The van der Waals surface area contributed by atoms with Crippen LogP contribution in [0.25, 0.3) is 0 Å². The topological polar surface area (TPSA) is 55.6 Å². The first-order chi connectivity index (χ1) is 9.49. The normalized spacial score (nSPS) is 22.9. The summed E-state index contributed by atoms with van der Waals surface area (Å²) >= 11 is 1.48. The number of nitrogen functional groups attached to an aromatic ring is 1. The van der Waals surface area contributed by atoms with Crippen molar-refractivity contribution in [2.75, 3.05) is 30.8 Å². The van der Waals surface area contributed by atoms with Gasteiger partial charge in [0.25, 0.3) is 0 Å². The maximum Gasteiger partial charge on any atom is 0.177 e. The second kappa shape index (κ2) is 6.04. The summed E-state index contributed by atoms with van der Waals surface area (Å²) in [6, 6.07) is 0. The molecule has 2 atom stereocenters. The lowest BCUT2D eigenvalue weighted by Crippen LogP contribution is -2.38. The molecule has 0 spiro atoms. The van der Waals surface area contributed by atoms with E-state index in [1.54, 1.807) is 7.11 Å². The van der Waals surface area contributed by atoms with Crippen molar-refractivity contribution in [2.45, 2.75) is 33.6 Å². The Balaban J connectivity index is 2.34. The van der Waals surface area contributed by atoms with Crippen LogP contribution in [0.4, 0.5) is 10.7 Å². The van der Waals surface area contributed by atoms with Gasteiger partial charge in [0.05, 0.1) is 17.7 Å². The molecule has 1 aliphatic heterocycles. The minimum absolute atomic E-state index is 0.0930. The Morgan fingerprint density at radius 1 is 1.45 bits per heavy atom. The standard InChI is InChI=1S/C15H24N2O2S/c1-5-11(18)14-12(16)13(19-4)15(20-14)17-7-6-9(2)10(3)8-17/h9-10H,5-8,16H2,1-4H3. The third-order valence-electron chi connectivity index (χ3n) is 4.28. The first-order valence-electron chi connectivity index (χ1n) is 7.23. The summed E-state index contributed by atoms with van der Waals surface area (Å²) in [4.78, 5) is 14.9. The molecule has 0 amide bonds. The van der Waals surface area contributed by atoms with Gasteiger partial charge in [0.15, 0.2) is 11.5 Å². The number of anilines is 2. The van der Waals surface area contributed by atoms with Gasteiger partial charge >= 0.3 is 0 Å². The van der Waals surface area contributed by atoms with Gasteiger partial charge in [-0.15, -0.1) is 11.3 Å². The van der Waals surface area contributed by atoms with Crippen molar-refractivity contribution in [1.29, 1.82) is 0 Å². The van der Waals surface area contributed by atoms with Gasteiger partial charge in [0.2, 0.25) is 0 Å². The largest absolute Gasteiger partial charge is 0.492 e. The molecular weight excluding hydrogens is 272 g/mol. The summed E-state index contributed by atoms with van der Waals surface area (Å²) in [6.45, 7) is 8.43. The molecule has 1 aromatic rings. The number of nitrogens with zero attached hydrogens (tertiary/aromatic N) is 1. The molecule has 1 aromatic heterocycles. The van der Waals surface area contributed by atoms with Crippen LogP contribution in [-0.2, 0) is 0 Å². The molecule has 2 N–H and O–H groups in total. The average Bonchev–Trinajstić information content (AvgIpc) is 2.78. The number of methoxy groups -OCH3 is 1. The smallest absolute Gasteiger partial charge is 0.177 e. The highest BCUT2D eigenvalue weighted by molar-refractivity contribution is 7.19. The number of carbonyl (C=O) groups is 1. The van der Waals surface area contributed by atoms with Crippen LogP contribution in [0, 0.1) is 11.8 Å². The lowest BCUT2D eigenvalue weighted by Gasteiger charge is -2.36. The van der Waals surface area contributed by atoms with Gasteiger partial charge in [-0.05, 0) is 18.3 Å². The van der Waals surface area contributed by atoms with E-state index in [-0.39, 0.29) is 5.78 Å². The summed E-state index contributed by atoms with van der Waals surface area (Å²) in [5.41, 5.74) is 6.60. The Hall–Kier alpha value is -1.23. The lowest BCUT2D eigenvalue weighted by molar-refractivity contribution is 0.0992. The SMILES string of the molecule is CCC(=O)c1sc(N2CCC(C)C(C)C2)c(OC)c1N. The molecule has 4 nitrogen and oxygen atoms in total. The molecule has 5 heteroatoms. The number of ketones is 1. The van der Waals surface area contributed by atoms with Crippen LogP contribution in [0.3, 0.4) is 0 Å². The fourth-order valence-electron chi connectivity index (χ4n) is 2.64. The van der Waals surface area contributed by atoms with E-state index in [4.69, 9.17) is 10.5 Å². The summed E-state index contributed by atoms with van der Waals surface area (Å²) in [5, 5.41) is 1.01. The number of hydrogen-bond acceptors (Lipinski definition) is 5. The maximum atomic E-state index is 12.0. The molecule has 2 heterocycles. The van der Waals surface area contributed by atoms with Crippen LogP contribution >= 0.6 is 11.3 Å². The van der Waals surface area contributed by atoms with Crippen molar-refractivity contribution in [3.05, 3.63) is 4.88 Å². The van der Waals surface area contributed by atoms with E-state index in [1.165, 1.54) is 17.8 Å². The minimum atomic E-state index is 0.0930. The predicted molar refractivity (Wildman–Crippen MR) is 85.1 cm³/mol. The van der Waals surface area contributed by atoms with Crippen LogP contribution in [0.1, 0.15) is 43.3 Å². The van der Waals surface area contributed by atoms with Gasteiger partial charge in [-0.1, -0.05) is 20.8 Å². The Kier molecular flexibility index (Phi) is 4.58. The van der Waals surface area contributed by atoms with E-state index < -0.39 is 0 Å². The van der Waals surface area contributed by atoms with Crippen LogP contribution in [0.15, 0.2) is 0 Å². The third-order valence-corrected chi connectivity index (χ3v) is 5.57. The van der Waals surface area contributed by atoms with Gasteiger partial charge in [-0.25, -0.2) is 0 Å². The van der Waals surface area contributed by atoms with Crippen molar-refractivity contribution >= 4 is 27.8 Å². The predicted octanol–water partition coefficient (Wildman–Crippen LogP) is 3.41. The monoisotopic (exact) mass is 296 g/mol. The van der Waals surface area contributed by atoms with Crippen molar-refractivity contribution in [1.82, 2.24) is 0 Å². The second-order valence-corrected chi connectivity index (χ2v) is 6.65. The van der Waals surface area contributed by atoms with Crippen LogP contribution in [-0.4, -0.2) is 26.0 Å². The van der Waals surface area contributed by atoms with Gasteiger partial charge in [-0.3, -0.25) is 4.79 Å². The summed E-state index contributed by atoms with van der Waals surface area (Å²) in [7, 11) is 1.62. The fourth-order valence-corrected chi connectivity index (χ4v) is 3.87. The third kappa shape index (κ3) is 2.64. The van der Waals surface area contributed by atoms with E-state index in [9.17, 15) is 4.79 Å². The van der Waals surface area contributed by atoms with Crippen molar-refractivity contribution in [2.24, 2.45) is 11.8 Å². The van der Waals surface area contributed by atoms with Gasteiger partial charge in [-0.2, -0.15) is 0 Å². The Bertz CT molecular complexity index is 498. The Morgan fingerprint density at radius 2 is 2.15 bits per heavy atom. The number of carbonyl (C=O) groups excluding carboxylic acids is 1. The number of hydrogen-bond donors (Lipinski definition) is 1. The molecule has 0 aliphatic carbocycles. The number of rotatable bonds is 4. The molecule has 1 fully saturated rings. The summed E-state index contributed by atoms with van der Waals surface area (Å²) in [6.07, 6.45) is 1.64.